The lowest BCUT2D eigenvalue weighted by molar-refractivity contribution is -0.137. The summed E-state index contributed by atoms with van der Waals surface area (Å²) in [7, 11) is 0. The Morgan fingerprint density at radius 1 is 1.50 bits per heavy atom. The number of hydrogen-bond acceptors (Lipinski definition) is 1. The molecule has 0 unspecified atom stereocenters. The van der Waals surface area contributed by atoms with Gasteiger partial charge in [-0.15, -0.1) is 0 Å². The van der Waals surface area contributed by atoms with Crippen molar-refractivity contribution in [2.45, 2.75) is 19.8 Å². The summed E-state index contributed by atoms with van der Waals surface area (Å²) in [6.07, 6.45) is 9.22. The van der Waals surface area contributed by atoms with Gasteiger partial charge in [0.25, 0.3) is 0 Å². The van der Waals surface area contributed by atoms with Gasteiger partial charge in [-0.05, 0) is 18.3 Å². The molecule has 0 amide bonds. The standard InChI is InChI=1S/C10H14O2/c1-8-4-2-3-5-9(6-8)7-10(11)12/h2-5,8-9H,6-7H2,1H3,(H,11,12)/t8-,9-/m1/s1. The quantitative estimate of drug-likeness (QED) is 0.683. The van der Waals surface area contributed by atoms with E-state index in [0.29, 0.717) is 5.92 Å². The van der Waals surface area contributed by atoms with Crippen LogP contribution >= 0.6 is 0 Å². The Kier molecular flexibility index (Phi) is 3.09. The summed E-state index contributed by atoms with van der Waals surface area (Å²) in [6.45, 7) is 2.11. The predicted molar refractivity (Wildman–Crippen MR) is 47.8 cm³/mol. The topological polar surface area (TPSA) is 37.3 Å². The third kappa shape index (κ3) is 2.91. The molecule has 0 radical (unpaired) electrons. The number of allylic oxidation sites excluding steroid dienone is 4. The number of carbonyl (C=O) groups is 1. The molecule has 0 aromatic heterocycles. The summed E-state index contributed by atoms with van der Waals surface area (Å²) in [6, 6.07) is 0. The van der Waals surface area contributed by atoms with Gasteiger partial charge in [0.1, 0.15) is 0 Å². The minimum atomic E-state index is -0.709. The smallest absolute Gasteiger partial charge is 0.303 e. The molecule has 2 heteroatoms. The van der Waals surface area contributed by atoms with Crippen LogP contribution in [0.3, 0.4) is 0 Å². The highest BCUT2D eigenvalue weighted by atomic mass is 16.4. The molecule has 1 aliphatic rings. The summed E-state index contributed by atoms with van der Waals surface area (Å²) in [5, 5.41) is 8.59. The van der Waals surface area contributed by atoms with Crippen LogP contribution in [0.1, 0.15) is 19.8 Å². The maximum atomic E-state index is 10.4. The number of aliphatic carboxylic acids is 1. The van der Waals surface area contributed by atoms with Crippen LogP contribution in [0.5, 0.6) is 0 Å². The number of rotatable bonds is 2. The number of hydrogen-bond donors (Lipinski definition) is 1. The van der Waals surface area contributed by atoms with Crippen LogP contribution in [-0.4, -0.2) is 11.1 Å². The fourth-order valence-electron chi connectivity index (χ4n) is 1.49. The molecular formula is C10H14O2. The van der Waals surface area contributed by atoms with Crippen molar-refractivity contribution in [2.24, 2.45) is 11.8 Å². The molecular weight excluding hydrogens is 152 g/mol. The molecule has 2 atom stereocenters. The fourth-order valence-corrected chi connectivity index (χ4v) is 1.49. The lowest BCUT2D eigenvalue weighted by Gasteiger charge is -2.11. The van der Waals surface area contributed by atoms with E-state index in [-0.39, 0.29) is 12.3 Å². The first-order valence-corrected chi connectivity index (χ1v) is 4.25. The largest absolute Gasteiger partial charge is 0.481 e. The first-order chi connectivity index (χ1) is 5.68. The van der Waals surface area contributed by atoms with Crippen molar-refractivity contribution in [3.05, 3.63) is 24.3 Å². The summed E-state index contributed by atoms with van der Waals surface area (Å²) in [4.78, 5) is 10.4. The van der Waals surface area contributed by atoms with E-state index in [1.54, 1.807) is 0 Å². The third-order valence-corrected chi connectivity index (χ3v) is 2.05. The van der Waals surface area contributed by atoms with Crippen molar-refractivity contribution in [2.75, 3.05) is 0 Å². The molecule has 0 saturated heterocycles. The van der Waals surface area contributed by atoms with Gasteiger partial charge in [0.05, 0.1) is 6.42 Å². The van der Waals surface area contributed by atoms with Crippen LogP contribution in [0.2, 0.25) is 0 Å². The zero-order chi connectivity index (χ0) is 8.97. The van der Waals surface area contributed by atoms with Crippen LogP contribution in [-0.2, 0) is 4.79 Å². The average molecular weight is 166 g/mol. The number of carboxylic acid groups (broad SMARTS) is 1. The fraction of sp³-hybridized carbons (Fsp3) is 0.500. The summed E-state index contributed by atoms with van der Waals surface area (Å²) >= 11 is 0. The van der Waals surface area contributed by atoms with Gasteiger partial charge in [0.2, 0.25) is 0 Å². The summed E-state index contributed by atoms with van der Waals surface area (Å²) in [5.41, 5.74) is 0. The van der Waals surface area contributed by atoms with Crippen molar-refractivity contribution >= 4 is 5.97 Å². The van der Waals surface area contributed by atoms with Gasteiger partial charge in [-0.3, -0.25) is 4.79 Å². The molecule has 0 heterocycles. The Morgan fingerprint density at radius 2 is 2.17 bits per heavy atom. The lowest BCUT2D eigenvalue weighted by atomic mass is 9.94. The molecule has 0 aromatic carbocycles. The van der Waals surface area contributed by atoms with Crippen LogP contribution in [0.25, 0.3) is 0 Å². The van der Waals surface area contributed by atoms with E-state index in [1.165, 1.54) is 0 Å². The van der Waals surface area contributed by atoms with Crippen LogP contribution in [0.15, 0.2) is 24.3 Å². The van der Waals surface area contributed by atoms with Crippen molar-refractivity contribution in [3.63, 3.8) is 0 Å². The Hall–Kier alpha value is -1.05. The van der Waals surface area contributed by atoms with Crippen LogP contribution < -0.4 is 0 Å². The van der Waals surface area contributed by atoms with Crippen molar-refractivity contribution < 1.29 is 9.90 Å². The van der Waals surface area contributed by atoms with E-state index < -0.39 is 5.97 Å². The van der Waals surface area contributed by atoms with Gasteiger partial charge in [0, 0.05) is 0 Å². The van der Waals surface area contributed by atoms with Crippen molar-refractivity contribution in [1.82, 2.24) is 0 Å². The van der Waals surface area contributed by atoms with Gasteiger partial charge in [-0.2, -0.15) is 0 Å². The molecule has 0 bridgehead atoms. The average Bonchev–Trinajstić information content (AvgIpc) is 2.12. The molecule has 0 spiro atoms. The maximum absolute atomic E-state index is 10.4. The first kappa shape index (κ1) is 9.04. The highest BCUT2D eigenvalue weighted by Crippen LogP contribution is 2.20. The molecule has 0 aliphatic heterocycles. The second kappa shape index (κ2) is 4.10. The minimum absolute atomic E-state index is 0.201. The molecule has 1 aliphatic carbocycles. The SMILES string of the molecule is C[C@@H]1C=CC=C[C@@H](CC(=O)O)C1. The van der Waals surface area contributed by atoms with Crippen molar-refractivity contribution in [1.29, 1.82) is 0 Å². The second-order valence-electron chi connectivity index (χ2n) is 3.34. The van der Waals surface area contributed by atoms with E-state index in [9.17, 15) is 4.79 Å². The molecule has 1 N–H and O–H groups in total. The van der Waals surface area contributed by atoms with E-state index >= 15 is 0 Å². The summed E-state index contributed by atoms with van der Waals surface area (Å²) < 4.78 is 0. The normalized spacial score (nSPS) is 28.4. The zero-order valence-corrected chi connectivity index (χ0v) is 7.23. The van der Waals surface area contributed by atoms with Crippen molar-refractivity contribution in [3.8, 4) is 0 Å². The highest BCUT2D eigenvalue weighted by molar-refractivity contribution is 5.67. The van der Waals surface area contributed by atoms with Crippen LogP contribution in [0, 0.1) is 11.8 Å². The molecule has 2 nitrogen and oxygen atoms in total. The van der Waals surface area contributed by atoms with Crippen LogP contribution in [0.4, 0.5) is 0 Å². The molecule has 12 heavy (non-hydrogen) atoms. The van der Waals surface area contributed by atoms with Gasteiger partial charge < -0.3 is 5.11 Å². The molecule has 0 aromatic rings. The van der Waals surface area contributed by atoms with Gasteiger partial charge in [-0.25, -0.2) is 0 Å². The Labute approximate surface area is 72.6 Å². The van der Waals surface area contributed by atoms with Gasteiger partial charge in [0.15, 0.2) is 0 Å². The second-order valence-corrected chi connectivity index (χ2v) is 3.34. The lowest BCUT2D eigenvalue weighted by Crippen LogP contribution is -2.07. The van der Waals surface area contributed by atoms with E-state index in [1.807, 2.05) is 18.2 Å². The van der Waals surface area contributed by atoms with Gasteiger partial charge >= 0.3 is 5.97 Å². The Bertz CT molecular complexity index is 216. The monoisotopic (exact) mass is 166 g/mol. The minimum Gasteiger partial charge on any atom is -0.481 e. The third-order valence-electron chi connectivity index (χ3n) is 2.05. The molecule has 0 saturated carbocycles. The molecule has 66 valence electrons. The highest BCUT2D eigenvalue weighted by Gasteiger charge is 2.13. The van der Waals surface area contributed by atoms with Gasteiger partial charge in [-0.1, -0.05) is 31.2 Å². The Balaban J connectivity index is 2.50. The maximum Gasteiger partial charge on any atom is 0.303 e. The zero-order valence-electron chi connectivity index (χ0n) is 7.23. The Morgan fingerprint density at radius 3 is 2.83 bits per heavy atom. The first-order valence-electron chi connectivity index (χ1n) is 4.25. The van der Waals surface area contributed by atoms with E-state index in [0.717, 1.165) is 6.42 Å². The van der Waals surface area contributed by atoms with E-state index in [4.69, 9.17) is 5.11 Å². The molecule has 1 rings (SSSR count). The van der Waals surface area contributed by atoms with E-state index in [2.05, 4.69) is 13.0 Å². The number of carboxylic acids is 1. The molecule has 0 fully saturated rings. The predicted octanol–water partition coefficient (Wildman–Crippen LogP) is 2.23. The summed E-state index contributed by atoms with van der Waals surface area (Å²) in [5.74, 6) is -0.0180.